The third-order valence-electron chi connectivity index (χ3n) is 1.65. The van der Waals surface area contributed by atoms with E-state index in [4.69, 9.17) is 0 Å². The fraction of sp³-hybridized carbons (Fsp3) is 0.333. The van der Waals surface area contributed by atoms with Crippen molar-refractivity contribution in [1.29, 1.82) is 0 Å². The van der Waals surface area contributed by atoms with Crippen molar-refractivity contribution in [3.63, 3.8) is 0 Å². The highest BCUT2D eigenvalue weighted by Gasteiger charge is 2.11. The molecule has 1 nitrogen and oxygen atoms in total. The first-order chi connectivity index (χ1) is 5.65. The lowest BCUT2D eigenvalue weighted by Gasteiger charge is -2.13. The molecule has 66 valence electrons. The Bertz CT molecular complexity index is 280. The highest BCUT2D eigenvalue weighted by molar-refractivity contribution is 9.10. The third-order valence-corrected chi connectivity index (χ3v) is 3.41. The van der Waals surface area contributed by atoms with Gasteiger partial charge in [0.1, 0.15) is 0 Å². The molecule has 0 aliphatic carbocycles. The number of nitrogens with one attached hydrogen (secondary N) is 1. The van der Waals surface area contributed by atoms with E-state index < -0.39 is 0 Å². The topological polar surface area (TPSA) is 12.0 Å². The smallest absolute Gasteiger partial charge is 0.0623 e. The van der Waals surface area contributed by atoms with E-state index in [-0.39, 0.29) is 0 Å². The standard InChI is InChI=1S/C9H12BrNS/c1-6(2)9(11-3)8-4-7(10)5-12-8/h4-5,9,11H,1H2,2-3H3. The highest BCUT2D eigenvalue weighted by Crippen LogP contribution is 2.28. The number of thiophene rings is 1. The van der Waals surface area contributed by atoms with Crippen molar-refractivity contribution in [2.24, 2.45) is 0 Å². The SMILES string of the molecule is C=C(C)C(NC)c1cc(Br)cs1. The quantitative estimate of drug-likeness (QED) is 0.806. The lowest BCUT2D eigenvalue weighted by atomic mass is 10.1. The van der Waals surface area contributed by atoms with Gasteiger partial charge in [-0.25, -0.2) is 0 Å². The van der Waals surface area contributed by atoms with Gasteiger partial charge in [0.05, 0.1) is 6.04 Å². The van der Waals surface area contributed by atoms with Crippen LogP contribution in [0.4, 0.5) is 0 Å². The predicted octanol–water partition coefficient (Wildman–Crippen LogP) is 3.35. The molecule has 0 spiro atoms. The summed E-state index contributed by atoms with van der Waals surface area (Å²) in [7, 11) is 1.95. The summed E-state index contributed by atoms with van der Waals surface area (Å²) in [6.45, 7) is 5.98. The number of hydrogen-bond donors (Lipinski definition) is 1. The summed E-state index contributed by atoms with van der Waals surface area (Å²) in [6, 6.07) is 2.42. The monoisotopic (exact) mass is 245 g/mol. The van der Waals surface area contributed by atoms with Gasteiger partial charge in [0.2, 0.25) is 0 Å². The summed E-state index contributed by atoms with van der Waals surface area (Å²) >= 11 is 5.17. The molecule has 0 aromatic carbocycles. The molecule has 1 heterocycles. The van der Waals surface area contributed by atoms with Gasteiger partial charge in [-0.3, -0.25) is 0 Å². The van der Waals surface area contributed by atoms with Gasteiger partial charge in [0, 0.05) is 14.7 Å². The lowest BCUT2D eigenvalue weighted by Crippen LogP contribution is -2.15. The maximum Gasteiger partial charge on any atom is 0.0623 e. The van der Waals surface area contributed by atoms with E-state index in [0.29, 0.717) is 6.04 Å². The number of likely N-dealkylation sites (N-methyl/N-ethyl adjacent to an activating group) is 1. The molecule has 0 bridgehead atoms. The Morgan fingerprint density at radius 2 is 2.42 bits per heavy atom. The molecule has 1 N–H and O–H groups in total. The first kappa shape index (κ1) is 9.96. The maximum absolute atomic E-state index is 3.94. The molecule has 1 rings (SSSR count). The first-order valence-corrected chi connectivity index (χ1v) is 5.39. The van der Waals surface area contributed by atoms with Crippen LogP contribution in [0.2, 0.25) is 0 Å². The minimum Gasteiger partial charge on any atom is -0.309 e. The van der Waals surface area contributed by atoms with Crippen molar-refractivity contribution in [3.05, 3.63) is 32.9 Å². The zero-order valence-electron chi connectivity index (χ0n) is 7.23. The molecule has 1 aromatic rings. The largest absolute Gasteiger partial charge is 0.309 e. The van der Waals surface area contributed by atoms with Crippen LogP contribution < -0.4 is 5.32 Å². The molecule has 0 saturated heterocycles. The maximum atomic E-state index is 3.94. The molecule has 0 amide bonds. The summed E-state index contributed by atoms with van der Waals surface area (Å²) in [5.74, 6) is 0. The molecular weight excluding hydrogens is 234 g/mol. The van der Waals surface area contributed by atoms with Crippen molar-refractivity contribution in [2.45, 2.75) is 13.0 Å². The fourth-order valence-corrected chi connectivity index (χ4v) is 2.76. The van der Waals surface area contributed by atoms with Crippen molar-refractivity contribution in [2.75, 3.05) is 7.05 Å². The molecular formula is C9H12BrNS. The second-order valence-electron chi connectivity index (χ2n) is 2.74. The molecule has 0 aliphatic rings. The molecule has 0 fully saturated rings. The zero-order valence-corrected chi connectivity index (χ0v) is 9.63. The Hall–Kier alpha value is -0.120. The van der Waals surface area contributed by atoms with Crippen LogP contribution in [0.15, 0.2) is 28.1 Å². The van der Waals surface area contributed by atoms with Crippen molar-refractivity contribution in [3.8, 4) is 0 Å². The minimum absolute atomic E-state index is 0.293. The summed E-state index contributed by atoms with van der Waals surface area (Å²) in [4.78, 5) is 1.30. The Kier molecular flexibility index (Phi) is 3.50. The van der Waals surface area contributed by atoms with Crippen molar-refractivity contribution in [1.82, 2.24) is 5.32 Å². The number of halogens is 1. The van der Waals surface area contributed by atoms with Crippen LogP contribution in [-0.2, 0) is 0 Å². The van der Waals surface area contributed by atoms with E-state index in [1.807, 2.05) is 14.0 Å². The van der Waals surface area contributed by atoms with Gasteiger partial charge in [-0.2, -0.15) is 0 Å². The molecule has 0 radical (unpaired) electrons. The summed E-state index contributed by atoms with van der Waals surface area (Å²) in [5.41, 5.74) is 1.15. The van der Waals surface area contributed by atoms with Crippen LogP contribution in [0.5, 0.6) is 0 Å². The van der Waals surface area contributed by atoms with Crippen LogP contribution in [-0.4, -0.2) is 7.05 Å². The fourth-order valence-electron chi connectivity index (χ4n) is 1.11. The van der Waals surface area contributed by atoms with Crippen LogP contribution >= 0.6 is 27.3 Å². The zero-order chi connectivity index (χ0) is 9.14. The summed E-state index contributed by atoms with van der Waals surface area (Å²) in [5, 5.41) is 5.31. The van der Waals surface area contributed by atoms with Gasteiger partial charge in [-0.1, -0.05) is 12.2 Å². The van der Waals surface area contributed by atoms with E-state index in [1.54, 1.807) is 11.3 Å². The normalized spacial score (nSPS) is 12.9. The van der Waals surface area contributed by atoms with E-state index in [2.05, 4.69) is 39.3 Å². The van der Waals surface area contributed by atoms with E-state index in [0.717, 1.165) is 10.0 Å². The van der Waals surface area contributed by atoms with Crippen LogP contribution in [0.1, 0.15) is 17.8 Å². The second kappa shape index (κ2) is 4.21. The Balaban J connectivity index is 2.87. The molecule has 1 atom stereocenters. The molecule has 1 aromatic heterocycles. The minimum atomic E-state index is 0.293. The van der Waals surface area contributed by atoms with E-state index in [1.165, 1.54) is 4.88 Å². The molecule has 12 heavy (non-hydrogen) atoms. The van der Waals surface area contributed by atoms with Crippen LogP contribution in [0.25, 0.3) is 0 Å². The second-order valence-corrected chi connectivity index (χ2v) is 4.59. The van der Waals surface area contributed by atoms with Gasteiger partial charge >= 0.3 is 0 Å². The molecule has 3 heteroatoms. The average molecular weight is 246 g/mol. The molecule has 1 unspecified atom stereocenters. The van der Waals surface area contributed by atoms with Crippen molar-refractivity contribution >= 4 is 27.3 Å². The van der Waals surface area contributed by atoms with Gasteiger partial charge in [-0.05, 0) is 36.0 Å². The van der Waals surface area contributed by atoms with Gasteiger partial charge in [0.25, 0.3) is 0 Å². The van der Waals surface area contributed by atoms with Gasteiger partial charge < -0.3 is 5.32 Å². The van der Waals surface area contributed by atoms with E-state index >= 15 is 0 Å². The Morgan fingerprint density at radius 3 is 2.75 bits per heavy atom. The molecule has 0 saturated carbocycles. The highest BCUT2D eigenvalue weighted by atomic mass is 79.9. The summed E-state index contributed by atoms with van der Waals surface area (Å²) in [6.07, 6.45) is 0. The number of rotatable bonds is 3. The van der Waals surface area contributed by atoms with E-state index in [9.17, 15) is 0 Å². The van der Waals surface area contributed by atoms with Crippen LogP contribution in [0.3, 0.4) is 0 Å². The van der Waals surface area contributed by atoms with Gasteiger partial charge in [0.15, 0.2) is 0 Å². The van der Waals surface area contributed by atoms with Crippen LogP contribution in [0, 0.1) is 0 Å². The lowest BCUT2D eigenvalue weighted by molar-refractivity contribution is 0.691. The van der Waals surface area contributed by atoms with Crippen molar-refractivity contribution < 1.29 is 0 Å². The third kappa shape index (κ3) is 2.19. The first-order valence-electron chi connectivity index (χ1n) is 3.71. The summed E-state index contributed by atoms with van der Waals surface area (Å²) < 4.78 is 1.14. The Labute approximate surface area is 85.6 Å². The van der Waals surface area contributed by atoms with Gasteiger partial charge in [-0.15, -0.1) is 11.3 Å². The molecule has 0 aliphatic heterocycles. The average Bonchev–Trinajstić information content (AvgIpc) is 2.37. The number of hydrogen-bond acceptors (Lipinski definition) is 2. The predicted molar refractivity (Wildman–Crippen MR) is 58.6 cm³/mol. The Morgan fingerprint density at radius 1 is 1.75 bits per heavy atom.